The van der Waals surface area contributed by atoms with Crippen LogP contribution in [0.1, 0.15) is 25.3 Å². The first-order valence-electron chi connectivity index (χ1n) is 6.22. The van der Waals surface area contributed by atoms with Crippen molar-refractivity contribution in [2.45, 2.75) is 25.6 Å². The number of nitro groups is 1. The van der Waals surface area contributed by atoms with Crippen LogP contribution in [0.5, 0.6) is 5.75 Å². The van der Waals surface area contributed by atoms with Crippen LogP contribution in [-0.4, -0.2) is 24.7 Å². The number of rotatable bonds is 9. The number of hydrogen-bond acceptors (Lipinski definition) is 4. The van der Waals surface area contributed by atoms with Crippen molar-refractivity contribution in [1.82, 2.24) is 0 Å². The quantitative estimate of drug-likeness (QED) is 0.302. The SMILES string of the molecule is CCCCOCCOc1ccc([N+](=O)[O-])cc1CCl. The Hall–Kier alpha value is -1.33. The van der Waals surface area contributed by atoms with Gasteiger partial charge in [-0.1, -0.05) is 13.3 Å². The van der Waals surface area contributed by atoms with E-state index in [0.29, 0.717) is 24.5 Å². The standard InChI is InChI=1S/C13H18ClNO4/c1-2-3-6-18-7-8-19-13-5-4-12(15(16)17)9-11(13)10-14/h4-5,9H,2-3,6-8,10H2,1H3. The number of ether oxygens (including phenoxy) is 2. The van der Waals surface area contributed by atoms with E-state index < -0.39 is 4.92 Å². The van der Waals surface area contributed by atoms with E-state index in [2.05, 4.69) is 6.92 Å². The smallest absolute Gasteiger partial charge is 0.270 e. The molecule has 0 saturated heterocycles. The number of non-ortho nitro benzene ring substituents is 1. The average Bonchev–Trinajstić information content (AvgIpc) is 2.42. The Kier molecular flexibility index (Phi) is 7.22. The van der Waals surface area contributed by atoms with E-state index in [1.807, 2.05) is 0 Å². The van der Waals surface area contributed by atoms with Gasteiger partial charge in [0.05, 0.1) is 17.4 Å². The monoisotopic (exact) mass is 287 g/mol. The fraction of sp³-hybridized carbons (Fsp3) is 0.538. The molecule has 0 saturated carbocycles. The van der Waals surface area contributed by atoms with Crippen LogP contribution in [0.3, 0.4) is 0 Å². The predicted octanol–water partition coefficient (Wildman–Crippen LogP) is 3.53. The molecule has 0 heterocycles. The van der Waals surface area contributed by atoms with Crippen LogP contribution in [-0.2, 0) is 10.6 Å². The molecule has 1 aromatic carbocycles. The van der Waals surface area contributed by atoms with E-state index in [-0.39, 0.29) is 11.6 Å². The van der Waals surface area contributed by atoms with Crippen LogP contribution in [0.2, 0.25) is 0 Å². The summed E-state index contributed by atoms with van der Waals surface area (Å²) in [5.41, 5.74) is 0.631. The van der Waals surface area contributed by atoms with Crippen molar-refractivity contribution in [3.63, 3.8) is 0 Å². The van der Waals surface area contributed by atoms with Gasteiger partial charge in [-0.2, -0.15) is 0 Å². The molecule has 0 aliphatic rings. The Morgan fingerprint density at radius 2 is 2.11 bits per heavy atom. The lowest BCUT2D eigenvalue weighted by atomic mass is 10.2. The molecule has 0 atom stereocenters. The highest BCUT2D eigenvalue weighted by atomic mass is 35.5. The third kappa shape index (κ3) is 5.44. The lowest BCUT2D eigenvalue weighted by Gasteiger charge is -2.10. The first-order valence-corrected chi connectivity index (χ1v) is 6.76. The number of nitro benzene ring substituents is 1. The molecule has 0 amide bonds. The van der Waals surface area contributed by atoms with Crippen molar-refractivity contribution in [2.75, 3.05) is 19.8 Å². The molecular weight excluding hydrogens is 270 g/mol. The zero-order chi connectivity index (χ0) is 14.1. The Morgan fingerprint density at radius 3 is 2.74 bits per heavy atom. The van der Waals surface area contributed by atoms with E-state index in [1.54, 1.807) is 6.07 Å². The van der Waals surface area contributed by atoms with E-state index in [9.17, 15) is 10.1 Å². The molecule has 6 heteroatoms. The normalized spacial score (nSPS) is 10.4. The molecule has 1 rings (SSSR count). The average molecular weight is 288 g/mol. The Labute approximate surface area is 117 Å². The van der Waals surface area contributed by atoms with Crippen LogP contribution in [0, 0.1) is 10.1 Å². The second-order valence-corrected chi connectivity index (χ2v) is 4.26. The maximum atomic E-state index is 10.6. The molecule has 0 aliphatic carbocycles. The van der Waals surface area contributed by atoms with Gasteiger partial charge in [0.15, 0.2) is 0 Å². The molecular formula is C13H18ClNO4. The Bertz CT molecular complexity index is 412. The fourth-order valence-electron chi connectivity index (χ4n) is 1.48. The molecule has 0 aliphatic heterocycles. The van der Waals surface area contributed by atoms with Crippen molar-refractivity contribution in [1.29, 1.82) is 0 Å². The van der Waals surface area contributed by atoms with Crippen LogP contribution in [0.25, 0.3) is 0 Å². The fourth-order valence-corrected chi connectivity index (χ4v) is 1.69. The summed E-state index contributed by atoms with van der Waals surface area (Å²) in [7, 11) is 0. The van der Waals surface area contributed by atoms with Gasteiger partial charge in [-0.15, -0.1) is 11.6 Å². The van der Waals surface area contributed by atoms with Gasteiger partial charge in [0, 0.05) is 24.3 Å². The van der Waals surface area contributed by atoms with Crippen molar-refractivity contribution in [3.05, 3.63) is 33.9 Å². The summed E-state index contributed by atoms with van der Waals surface area (Å²) in [6.07, 6.45) is 2.13. The third-order valence-electron chi connectivity index (χ3n) is 2.53. The summed E-state index contributed by atoms with van der Waals surface area (Å²) >= 11 is 5.76. The molecule has 5 nitrogen and oxygen atoms in total. The Balaban J connectivity index is 2.47. The van der Waals surface area contributed by atoms with Gasteiger partial charge in [0.2, 0.25) is 0 Å². The lowest BCUT2D eigenvalue weighted by Crippen LogP contribution is -2.08. The highest BCUT2D eigenvalue weighted by Gasteiger charge is 2.10. The summed E-state index contributed by atoms with van der Waals surface area (Å²) in [4.78, 5) is 10.2. The summed E-state index contributed by atoms with van der Waals surface area (Å²) in [6.45, 7) is 3.73. The van der Waals surface area contributed by atoms with Crippen LogP contribution in [0.4, 0.5) is 5.69 Å². The van der Waals surface area contributed by atoms with Gasteiger partial charge in [-0.25, -0.2) is 0 Å². The van der Waals surface area contributed by atoms with Crippen molar-refractivity contribution >= 4 is 17.3 Å². The zero-order valence-electron chi connectivity index (χ0n) is 10.9. The minimum absolute atomic E-state index is 0.0159. The van der Waals surface area contributed by atoms with Crippen LogP contribution < -0.4 is 4.74 Å². The first-order chi connectivity index (χ1) is 9.19. The summed E-state index contributed by atoms with van der Waals surface area (Å²) in [6, 6.07) is 4.41. The van der Waals surface area contributed by atoms with E-state index in [1.165, 1.54) is 12.1 Å². The molecule has 0 spiro atoms. The number of hydrogen-bond donors (Lipinski definition) is 0. The molecule has 0 bridgehead atoms. The second-order valence-electron chi connectivity index (χ2n) is 4.00. The van der Waals surface area contributed by atoms with Crippen LogP contribution >= 0.6 is 11.6 Å². The maximum absolute atomic E-state index is 10.6. The van der Waals surface area contributed by atoms with E-state index in [0.717, 1.165) is 19.4 Å². The third-order valence-corrected chi connectivity index (χ3v) is 2.81. The van der Waals surface area contributed by atoms with Crippen molar-refractivity contribution in [3.8, 4) is 5.75 Å². The first kappa shape index (κ1) is 15.7. The van der Waals surface area contributed by atoms with E-state index >= 15 is 0 Å². The predicted molar refractivity (Wildman–Crippen MR) is 73.9 cm³/mol. The molecule has 0 N–H and O–H groups in total. The molecule has 0 unspecified atom stereocenters. The van der Waals surface area contributed by atoms with Gasteiger partial charge < -0.3 is 9.47 Å². The van der Waals surface area contributed by atoms with Gasteiger partial charge >= 0.3 is 0 Å². The highest BCUT2D eigenvalue weighted by molar-refractivity contribution is 6.17. The minimum atomic E-state index is -0.451. The molecule has 0 aromatic heterocycles. The number of unbranched alkanes of at least 4 members (excludes halogenated alkanes) is 1. The molecule has 1 aromatic rings. The van der Waals surface area contributed by atoms with Gasteiger partial charge in [0.25, 0.3) is 5.69 Å². The van der Waals surface area contributed by atoms with Crippen molar-refractivity contribution in [2.24, 2.45) is 0 Å². The van der Waals surface area contributed by atoms with Crippen molar-refractivity contribution < 1.29 is 14.4 Å². The zero-order valence-corrected chi connectivity index (χ0v) is 11.7. The number of benzene rings is 1. The summed E-state index contributed by atoms with van der Waals surface area (Å²) < 4.78 is 10.9. The topological polar surface area (TPSA) is 61.6 Å². The summed E-state index contributed by atoms with van der Waals surface area (Å²) in [5.74, 6) is 0.743. The molecule has 0 fully saturated rings. The second kappa shape index (κ2) is 8.72. The van der Waals surface area contributed by atoms with Gasteiger partial charge in [-0.3, -0.25) is 10.1 Å². The molecule has 106 valence electrons. The summed E-state index contributed by atoms with van der Waals surface area (Å²) in [5, 5.41) is 10.6. The highest BCUT2D eigenvalue weighted by Crippen LogP contribution is 2.25. The van der Waals surface area contributed by atoms with Gasteiger partial charge in [0.1, 0.15) is 12.4 Å². The maximum Gasteiger partial charge on any atom is 0.270 e. The molecule has 19 heavy (non-hydrogen) atoms. The number of halogens is 1. The van der Waals surface area contributed by atoms with Gasteiger partial charge in [-0.05, 0) is 12.5 Å². The lowest BCUT2D eigenvalue weighted by molar-refractivity contribution is -0.384. The number of alkyl halides is 1. The van der Waals surface area contributed by atoms with Crippen LogP contribution in [0.15, 0.2) is 18.2 Å². The molecule has 0 radical (unpaired) electrons. The Morgan fingerprint density at radius 1 is 1.32 bits per heavy atom. The number of nitrogens with zero attached hydrogens (tertiary/aromatic N) is 1. The van der Waals surface area contributed by atoms with E-state index in [4.69, 9.17) is 21.1 Å². The largest absolute Gasteiger partial charge is 0.491 e. The minimum Gasteiger partial charge on any atom is -0.491 e.